The monoisotopic (exact) mass is 300 g/mol. The maximum Gasteiger partial charge on any atom is 0.319 e. The van der Waals surface area contributed by atoms with Gasteiger partial charge in [0.15, 0.2) is 0 Å². The van der Waals surface area contributed by atoms with E-state index in [9.17, 15) is 4.79 Å². The van der Waals surface area contributed by atoms with Crippen molar-refractivity contribution < 1.29 is 4.79 Å². The summed E-state index contributed by atoms with van der Waals surface area (Å²) in [6, 6.07) is 8.57. The average molecular weight is 301 g/mol. The zero-order valence-corrected chi connectivity index (χ0v) is 11.6. The number of rotatable bonds is 3. The molecule has 0 bridgehead atoms. The van der Waals surface area contributed by atoms with E-state index in [0.717, 1.165) is 4.88 Å². The van der Waals surface area contributed by atoms with Gasteiger partial charge in [-0.25, -0.2) is 4.79 Å². The van der Waals surface area contributed by atoms with Gasteiger partial charge in [-0.2, -0.15) is 0 Å². The lowest BCUT2D eigenvalue weighted by Gasteiger charge is -2.07. The number of anilines is 1. The number of carbonyl (C=O) groups is 1. The van der Waals surface area contributed by atoms with Gasteiger partial charge >= 0.3 is 6.03 Å². The van der Waals surface area contributed by atoms with Gasteiger partial charge in [-0.05, 0) is 29.6 Å². The lowest BCUT2D eigenvalue weighted by atomic mass is 10.3. The first-order chi connectivity index (χ1) is 8.65. The lowest BCUT2D eigenvalue weighted by Crippen LogP contribution is -2.27. The molecule has 1 aromatic carbocycles. The van der Waals surface area contributed by atoms with Crippen molar-refractivity contribution in [2.24, 2.45) is 0 Å². The highest BCUT2D eigenvalue weighted by Crippen LogP contribution is 2.24. The Balaban J connectivity index is 1.88. The molecule has 2 amide bonds. The summed E-state index contributed by atoms with van der Waals surface area (Å²) in [7, 11) is 0. The Bertz CT molecular complexity index is 543. The third kappa shape index (κ3) is 3.63. The molecule has 2 aromatic rings. The number of amides is 2. The van der Waals surface area contributed by atoms with Crippen LogP contribution in [0.5, 0.6) is 0 Å². The van der Waals surface area contributed by atoms with Crippen molar-refractivity contribution in [3.05, 3.63) is 50.6 Å². The van der Waals surface area contributed by atoms with Crippen LogP contribution in [-0.2, 0) is 6.54 Å². The molecule has 0 unspecified atom stereocenters. The van der Waals surface area contributed by atoms with E-state index >= 15 is 0 Å². The van der Waals surface area contributed by atoms with E-state index in [2.05, 4.69) is 10.6 Å². The Morgan fingerprint density at radius 2 is 2.06 bits per heavy atom. The Morgan fingerprint density at radius 3 is 2.72 bits per heavy atom. The fourth-order valence-electron chi connectivity index (χ4n) is 1.33. The minimum Gasteiger partial charge on any atom is -0.333 e. The number of urea groups is 1. The number of hydrogen-bond donors (Lipinski definition) is 2. The quantitative estimate of drug-likeness (QED) is 0.868. The van der Waals surface area contributed by atoms with Crippen molar-refractivity contribution in [3.63, 3.8) is 0 Å². The van der Waals surface area contributed by atoms with E-state index in [0.29, 0.717) is 22.3 Å². The molecule has 0 fully saturated rings. The van der Waals surface area contributed by atoms with E-state index in [-0.39, 0.29) is 6.03 Å². The van der Waals surface area contributed by atoms with E-state index in [1.165, 1.54) is 0 Å². The number of hydrogen-bond acceptors (Lipinski definition) is 2. The van der Waals surface area contributed by atoms with Crippen LogP contribution < -0.4 is 10.6 Å². The molecule has 0 aliphatic carbocycles. The first-order valence-corrected chi connectivity index (χ1v) is 6.81. The van der Waals surface area contributed by atoms with Crippen LogP contribution in [-0.4, -0.2) is 6.03 Å². The van der Waals surface area contributed by atoms with Gasteiger partial charge < -0.3 is 10.6 Å². The number of thiophene rings is 1. The van der Waals surface area contributed by atoms with Crippen LogP contribution >= 0.6 is 34.5 Å². The van der Waals surface area contributed by atoms with E-state index in [4.69, 9.17) is 23.2 Å². The van der Waals surface area contributed by atoms with E-state index < -0.39 is 0 Å². The second-order valence-electron chi connectivity index (χ2n) is 3.52. The normalized spacial score (nSPS) is 10.1. The number of carbonyl (C=O) groups excluding carboxylic acids is 1. The summed E-state index contributed by atoms with van der Waals surface area (Å²) in [5.41, 5.74) is 0.605. The maximum absolute atomic E-state index is 11.6. The number of nitrogens with one attached hydrogen (secondary N) is 2. The van der Waals surface area contributed by atoms with Gasteiger partial charge in [0.1, 0.15) is 0 Å². The molecule has 0 aliphatic rings. The second kappa shape index (κ2) is 6.09. The summed E-state index contributed by atoms with van der Waals surface area (Å²) in [5.74, 6) is 0. The molecular weight excluding hydrogens is 291 g/mol. The molecule has 3 nitrogen and oxygen atoms in total. The summed E-state index contributed by atoms with van der Waals surface area (Å²) in [6.45, 7) is 0.505. The van der Waals surface area contributed by atoms with Crippen LogP contribution in [0.4, 0.5) is 10.5 Å². The van der Waals surface area contributed by atoms with E-state index in [1.807, 2.05) is 17.5 Å². The number of benzene rings is 1. The highest BCUT2D eigenvalue weighted by molar-refractivity contribution is 7.09. The molecule has 0 saturated carbocycles. The third-order valence-electron chi connectivity index (χ3n) is 2.18. The molecule has 0 atom stereocenters. The largest absolute Gasteiger partial charge is 0.333 e. The van der Waals surface area contributed by atoms with Gasteiger partial charge in [-0.3, -0.25) is 0 Å². The van der Waals surface area contributed by atoms with Crippen molar-refractivity contribution in [2.45, 2.75) is 6.54 Å². The van der Waals surface area contributed by atoms with Crippen LogP contribution in [0, 0.1) is 0 Å². The van der Waals surface area contributed by atoms with Crippen LogP contribution in [0.1, 0.15) is 4.88 Å². The first kappa shape index (κ1) is 13.2. The zero-order chi connectivity index (χ0) is 13.0. The third-order valence-corrected chi connectivity index (χ3v) is 3.80. The Hall–Kier alpha value is -1.23. The van der Waals surface area contributed by atoms with Gasteiger partial charge in [0.2, 0.25) is 0 Å². The molecule has 1 heterocycles. The summed E-state index contributed by atoms with van der Waals surface area (Å²) < 4.78 is 0. The maximum atomic E-state index is 11.6. The summed E-state index contributed by atoms with van der Waals surface area (Å²) in [4.78, 5) is 12.7. The highest BCUT2D eigenvalue weighted by Gasteiger charge is 2.04. The average Bonchev–Trinajstić information content (AvgIpc) is 2.84. The summed E-state index contributed by atoms with van der Waals surface area (Å²) in [6.07, 6.45) is 0. The topological polar surface area (TPSA) is 41.1 Å². The van der Waals surface area contributed by atoms with Gasteiger partial charge in [0, 0.05) is 10.6 Å². The second-order valence-corrected chi connectivity index (χ2v) is 5.36. The van der Waals surface area contributed by atoms with Crippen molar-refractivity contribution in [1.82, 2.24) is 5.32 Å². The van der Waals surface area contributed by atoms with Crippen LogP contribution in [0.25, 0.3) is 0 Å². The molecule has 2 N–H and O–H groups in total. The molecule has 0 spiro atoms. The molecule has 0 aliphatic heterocycles. The van der Waals surface area contributed by atoms with Gasteiger partial charge in [0.25, 0.3) is 0 Å². The minimum absolute atomic E-state index is 0.276. The fraction of sp³-hybridized carbons (Fsp3) is 0.0833. The Kier molecular flexibility index (Phi) is 4.47. The standard InChI is InChI=1S/C12H10Cl2N2OS/c13-10-4-3-8(6-11(10)14)16-12(17)15-7-9-2-1-5-18-9/h1-6H,7H2,(H2,15,16,17). The first-order valence-electron chi connectivity index (χ1n) is 5.17. The van der Waals surface area contributed by atoms with Crippen molar-refractivity contribution in [2.75, 3.05) is 5.32 Å². The van der Waals surface area contributed by atoms with Gasteiger partial charge in [-0.1, -0.05) is 29.3 Å². The molecule has 18 heavy (non-hydrogen) atoms. The predicted octanol–water partition coefficient (Wildman–Crippen LogP) is 4.38. The minimum atomic E-state index is -0.276. The fourth-order valence-corrected chi connectivity index (χ4v) is 2.27. The van der Waals surface area contributed by atoms with Gasteiger partial charge in [-0.15, -0.1) is 11.3 Å². The predicted molar refractivity (Wildman–Crippen MR) is 76.6 cm³/mol. The van der Waals surface area contributed by atoms with Crippen LogP contribution in [0.15, 0.2) is 35.7 Å². The van der Waals surface area contributed by atoms with Crippen molar-refractivity contribution >= 4 is 46.3 Å². The lowest BCUT2D eigenvalue weighted by molar-refractivity contribution is 0.252. The van der Waals surface area contributed by atoms with Crippen LogP contribution in [0.2, 0.25) is 10.0 Å². The van der Waals surface area contributed by atoms with Gasteiger partial charge in [0.05, 0.1) is 16.6 Å². The molecule has 6 heteroatoms. The highest BCUT2D eigenvalue weighted by atomic mass is 35.5. The molecule has 94 valence electrons. The molecule has 0 radical (unpaired) electrons. The molecular formula is C12H10Cl2N2OS. The number of halogens is 2. The zero-order valence-electron chi connectivity index (χ0n) is 9.24. The smallest absolute Gasteiger partial charge is 0.319 e. The Morgan fingerprint density at radius 1 is 1.22 bits per heavy atom. The Labute approximate surface area is 119 Å². The summed E-state index contributed by atoms with van der Waals surface area (Å²) in [5, 5.41) is 8.27. The van der Waals surface area contributed by atoms with E-state index in [1.54, 1.807) is 29.5 Å². The molecule has 1 aromatic heterocycles. The molecule has 2 rings (SSSR count). The molecule has 0 saturated heterocycles. The van der Waals surface area contributed by atoms with Crippen molar-refractivity contribution in [1.29, 1.82) is 0 Å². The van der Waals surface area contributed by atoms with Crippen molar-refractivity contribution in [3.8, 4) is 0 Å². The SMILES string of the molecule is O=C(NCc1cccs1)Nc1ccc(Cl)c(Cl)c1. The summed E-state index contributed by atoms with van der Waals surface area (Å²) >= 11 is 13.2. The van der Waals surface area contributed by atoms with Crippen LogP contribution in [0.3, 0.4) is 0 Å².